The van der Waals surface area contributed by atoms with Crippen LogP contribution in [0.25, 0.3) is 56.4 Å². The summed E-state index contributed by atoms with van der Waals surface area (Å²) in [6.45, 7) is 0. The minimum absolute atomic E-state index is 0.334. The summed E-state index contributed by atoms with van der Waals surface area (Å²) >= 11 is 0. The Balaban J connectivity index is 1.12. The molecule has 0 N–H and O–H groups in total. The number of hydrogen-bond acceptors (Lipinski definition) is 5. The monoisotopic (exact) mass is 645 g/mol. The highest BCUT2D eigenvalue weighted by atomic mass is 15.0. The molecule has 0 unspecified atom stereocenters. The number of nitrogens with zero attached hydrogens (tertiary/aromatic N) is 5. The largest absolute Gasteiger partial charge is 0.208 e. The summed E-state index contributed by atoms with van der Waals surface area (Å²) in [7, 11) is 0. The van der Waals surface area contributed by atoms with Crippen LogP contribution in [0.15, 0.2) is 121 Å². The van der Waals surface area contributed by atoms with E-state index in [1.807, 2.05) is 72.8 Å². The topological polar surface area (TPSA) is 86.2 Å². The van der Waals surface area contributed by atoms with Crippen molar-refractivity contribution >= 4 is 0 Å². The van der Waals surface area contributed by atoms with Crippen molar-refractivity contribution in [1.29, 1.82) is 10.5 Å². The van der Waals surface area contributed by atoms with Crippen LogP contribution < -0.4 is 0 Å². The van der Waals surface area contributed by atoms with Gasteiger partial charge in [0, 0.05) is 16.7 Å². The first-order valence-corrected chi connectivity index (χ1v) is 17.6. The Morgan fingerprint density at radius 3 is 1.24 bits per heavy atom. The first-order chi connectivity index (χ1) is 24.5. The average molecular weight is 646 g/mol. The van der Waals surface area contributed by atoms with Crippen LogP contribution in [0.3, 0.4) is 0 Å². The molecule has 0 aliphatic heterocycles. The molecule has 1 heterocycles. The molecule has 5 nitrogen and oxygen atoms in total. The molecule has 0 atom stereocenters. The van der Waals surface area contributed by atoms with Crippen molar-refractivity contribution < 1.29 is 0 Å². The van der Waals surface area contributed by atoms with Gasteiger partial charge >= 0.3 is 0 Å². The predicted molar refractivity (Wildman–Crippen MR) is 196 cm³/mol. The van der Waals surface area contributed by atoms with E-state index in [1.165, 1.54) is 44.1 Å². The van der Waals surface area contributed by atoms with Crippen LogP contribution in [0.5, 0.6) is 0 Å². The Hall–Kier alpha value is -5.91. The molecule has 4 aliphatic rings. The fraction of sp³-hybridized carbons (Fsp3) is 0.222. The van der Waals surface area contributed by atoms with E-state index < -0.39 is 0 Å². The van der Waals surface area contributed by atoms with Gasteiger partial charge in [-0.3, -0.25) is 0 Å². The molecular formula is C45H35N5. The molecule has 4 bridgehead atoms. The molecule has 1 aromatic heterocycles. The number of nitriles is 2. The van der Waals surface area contributed by atoms with Crippen molar-refractivity contribution in [1.82, 2.24) is 15.0 Å². The van der Waals surface area contributed by atoms with Gasteiger partial charge in [0.1, 0.15) is 0 Å². The van der Waals surface area contributed by atoms with Crippen molar-refractivity contribution in [2.75, 3.05) is 0 Å². The summed E-state index contributed by atoms with van der Waals surface area (Å²) in [5, 5.41) is 18.6. The zero-order chi connectivity index (χ0) is 33.7. The van der Waals surface area contributed by atoms with Crippen molar-refractivity contribution in [2.24, 2.45) is 17.8 Å². The van der Waals surface area contributed by atoms with Gasteiger partial charge in [-0.15, -0.1) is 0 Å². The second kappa shape index (κ2) is 12.2. The molecule has 0 radical (unpaired) electrons. The standard InChI is InChI=1S/C45H35N5/c46-27-29-7-11-34(12-8-29)37-3-1-5-39(22-37)43-48-42(36-15-17-41(18-16-36)45-24-31-19-32(25-45)21-33(20-31)26-45)49-44(50-43)40-6-2-4-38(23-40)35-13-9-30(28-47)10-14-35/h1-18,22-23,31-33H,19-21,24-26H2. The van der Waals surface area contributed by atoms with Gasteiger partial charge in [0.25, 0.3) is 0 Å². The zero-order valence-corrected chi connectivity index (χ0v) is 27.8. The van der Waals surface area contributed by atoms with Crippen molar-refractivity contribution in [3.8, 4) is 68.6 Å². The minimum atomic E-state index is 0.334. The lowest BCUT2D eigenvalue weighted by molar-refractivity contribution is -0.00518. The Labute approximate surface area is 293 Å². The lowest BCUT2D eigenvalue weighted by Crippen LogP contribution is -2.48. The van der Waals surface area contributed by atoms with Gasteiger partial charge in [-0.1, -0.05) is 84.9 Å². The Morgan fingerprint density at radius 2 is 0.820 bits per heavy atom. The van der Waals surface area contributed by atoms with E-state index in [0.717, 1.165) is 56.7 Å². The van der Waals surface area contributed by atoms with E-state index in [4.69, 9.17) is 15.0 Å². The zero-order valence-electron chi connectivity index (χ0n) is 27.8. The van der Waals surface area contributed by atoms with Crippen LogP contribution in [0.1, 0.15) is 55.2 Å². The number of benzene rings is 5. The first-order valence-electron chi connectivity index (χ1n) is 17.6. The SMILES string of the molecule is N#Cc1ccc(-c2cccc(-c3nc(-c4ccc(C56CC7CC(CC(C7)C5)C6)cc4)nc(-c4cccc(-c5ccc(C#N)cc5)c4)n3)c2)cc1. The van der Waals surface area contributed by atoms with Gasteiger partial charge in [-0.25, -0.2) is 15.0 Å². The molecule has 240 valence electrons. The van der Waals surface area contributed by atoms with E-state index in [2.05, 4.69) is 60.7 Å². The highest BCUT2D eigenvalue weighted by molar-refractivity contribution is 5.75. The van der Waals surface area contributed by atoms with Crippen LogP contribution in [0.4, 0.5) is 0 Å². The molecule has 0 spiro atoms. The maximum atomic E-state index is 9.28. The lowest BCUT2D eigenvalue weighted by atomic mass is 9.48. The number of rotatable bonds is 6. The summed E-state index contributed by atoms with van der Waals surface area (Å²) in [4.78, 5) is 15.2. The van der Waals surface area contributed by atoms with Crippen molar-refractivity contribution in [3.63, 3.8) is 0 Å². The fourth-order valence-corrected chi connectivity index (χ4v) is 9.35. The van der Waals surface area contributed by atoms with Gasteiger partial charge in [0.2, 0.25) is 0 Å². The molecule has 5 heteroatoms. The predicted octanol–water partition coefficient (Wildman–Crippen LogP) is 10.4. The third-order valence-electron chi connectivity index (χ3n) is 11.4. The second-order valence-electron chi connectivity index (χ2n) is 14.6. The highest BCUT2D eigenvalue weighted by Gasteiger charge is 2.51. The van der Waals surface area contributed by atoms with Crippen molar-refractivity contribution in [3.05, 3.63) is 138 Å². The van der Waals surface area contributed by atoms with E-state index >= 15 is 0 Å². The fourth-order valence-electron chi connectivity index (χ4n) is 9.35. The highest BCUT2D eigenvalue weighted by Crippen LogP contribution is 2.60. The molecule has 10 rings (SSSR count). The van der Waals surface area contributed by atoms with E-state index in [1.54, 1.807) is 0 Å². The van der Waals surface area contributed by atoms with Crippen LogP contribution in [0, 0.1) is 40.4 Å². The smallest absolute Gasteiger partial charge is 0.164 e. The molecular weight excluding hydrogens is 611 g/mol. The van der Waals surface area contributed by atoms with Crippen LogP contribution in [-0.4, -0.2) is 15.0 Å². The summed E-state index contributed by atoms with van der Waals surface area (Å²) < 4.78 is 0. The molecule has 50 heavy (non-hydrogen) atoms. The quantitative estimate of drug-likeness (QED) is 0.180. The van der Waals surface area contributed by atoms with Crippen LogP contribution in [-0.2, 0) is 5.41 Å². The van der Waals surface area contributed by atoms with Gasteiger partial charge in [-0.05, 0) is 126 Å². The lowest BCUT2D eigenvalue weighted by Gasteiger charge is -2.57. The Morgan fingerprint density at radius 1 is 0.440 bits per heavy atom. The third-order valence-corrected chi connectivity index (χ3v) is 11.4. The first kappa shape index (κ1) is 30.2. The molecule has 5 aromatic carbocycles. The maximum Gasteiger partial charge on any atom is 0.164 e. The molecule has 6 aromatic rings. The summed E-state index contributed by atoms with van der Waals surface area (Å²) in [5.74, 6) is 4.55. The average Bonchev–Trinajstić information content (AvgIpc) is 3.17. The Kier molecular flexibility index (Phi) is 7.36. The normalized spacial score (nSPS) is 21.8. The number of hydrogen-bond donors (Lipinski definition) is 0. The third kappa shape index (κ3) is 5.56. The number of aromatic nitrogens is 3. The van der Waals surface area contributed by atoms with E-state index in [9.17, 15) is 10.5 Å². The van der Waals surface area contributed by atoms with Gasteiger partial charge < -0.3 is 0 Å². The Bertz CT molecular complexity index is 2150. The van der Waals surface area contributed by atoms with E-state index in [0.29, 0.717) is 34.0 Å². The summed E-state index contributed by atoms with van der Waals surface area (Å²) in [5.41, 5.74) is 9.96. The molecule has 4 fully saturated rings. The van der Waals surface area contributed by atoms with Gasteiger partial charge in [0.15, 0.2) is 17.5 Å². The van der Waals surface area contributed by atoms with Gasteiger partial charge in [-0.2, -0.15) is 10.5 Å². The minimum Gasteiger partial charge on any atom is -0.208 e. The molecule has 0 saturated heterocycles. The van der Waals surface area contributed by atoms with Crippen LogP contribution >= 0.6 is 0 Å². The molecule has 4 aliphatic carbocycles. The second-order valence-corrected chi connectivity index (χ2v) is 14.6. The molecule has 0 amide bonds. The maximum absolute atomic E-state index is 9.28. The van der Waals surface area contributed by atoms with E-state index in [-0.39, 0.29) is 0 Å². The summed E-state index contributed by atoms with van der Waals surface area (Å²) in [6, 6.07) is 45.3. The van der Waals surface area contributed by atoms with Crippen LogP contribution in [0.2, 0.25) is 0 Å². The van der Waals surface area contributed by atoms with Gasteiger partial charge in [0.05, 0.1) is 23.3 Å². The molecule has 4 saturated carbocycles. The summed E-state index contributed by atoms with van der Waals surface area (Å²) in [6.07, 6.45) is 8.32. The van der Waals surface area contributed by atoms with Crippen molar-refractivity contribution in [2.45, 2.75) is 43.9 Å².